The van der Waals surface area contributed by atoms with E-state index in [2.05, 4.69) is 30.4 Å². The van der Waals surface area contributed by atoms with E-state index in [9.17, 15) is 0 Å². The molecule has 0 aliphatic heterocycles. The minimum atomic E-state index is 0.374. The number of rotatable bonds is 5. The van der Waals surface area contributed by atoms with E-state index in [0.717, 1.165) is 17.0 Å². The van der Waals surface area contributed by atoms with Gasteiger partial charge in [-0.25, -0.2) is 0 Å². The summed E-state index contributed by atoms with van der Waals surface area (Å²) < 4.78 is 5.24. The number of nitrogens with two attached hydrogens (primary N) is 1. The van der Waals surface area contributed by atoms with E-state index in [-0.39, 0.29) is 0 Å². The molecule has 0 unspecified atom stereocenters. The Morgan fingerprint density at radius 2 is 2.05 bits per heavy atom. The van der Waals surface area contributed by atoms with Gasteiger partial charge in [0.15, 0.2) is 0 Å². The van der Waals surface area contributed by atoms with E-state index in [0.29, 0.717) is 11.5 Å². The highest BCUT2D eigenvalue weighted by molar-refractivity contribution is 7.80. The van der Waals surface area contributed by atoms with Crippen LogP contribution in [0.25, 0.3) is 0 Å². The SMILES string of the molecule is COc1ccc(C(N)=S)c(NCc2cccc(C)c2)c1. The van der Waals surface area contributed by atoms with Gasteiger partial charge in [0, 0.05) is 23.9 Å². The van der Waals surface area contributed by atoms with Gasteiger partial charge in [-0.15, -0.1) is 0 Å². The molecule has 2 aromatic carbocycles. The topological polar surface area (TPSA) is 47.3 Å². The second-order valence-electron chi connectivity index (χ2n) is 4.62. The van der Waals surface area contributed by atoms with E-state index < -0.39 is 0 Å². The molecule has 0 heterocycles. The standard InChI is InChI=1S/C16H18N2OS/c1-11-4-3-5-12(8-11)10-18-15-9-13(19-2)6-7-14(15)16(17)20/h3-9,18H,10H2,1-2H3,(H2,17,20). The van der Waals surface area contributed by atoms with Gasteiger partial charge >= 0.3 is 0 Å². The Labute approximate surface area is 124 Å². The molecule has 104 valence electrons. The van der Waals surface area contributed by atoms with Gasteiger partial charge in [0.05, 0.1) is 7.11 Å². The normalized spacial score (nSPS) is 10.1. The zero-order valence-electron chi connectivity index (χ0n) is 11.6. The molecule has 0 fully saturated rings. The lowest BCUT2D eigenvalue weighted by molar-refractivity contribution is 0.415. The second-order valence-corrected chi connectivity index (χ2v) is 5.06. The average Bonchev–Trinajstić information content (AvgIpc) is 2.44. The van der Waals surface area contributed by atoms with Crippen LogP contribution in [0.2, 0.25) is 0 Å². The maximum absolute atomic E-state index is 5.75. The van der Waals surface area contributed by atoms with Gasteiger partial charge in [-0.05, 0) is 24.6 Å². The van der Waals surface area contributed by atoms with Gasteiger partial charge in [-0.1, -0.05) is 42.0 Å². The first-order valence-corrected chi connectivity index (χ1v) is 6.78. The van der Waals surface area contributed by atoms with Crippen molar-refractivity contribution in [3.05, 3.63) is 59.2 Å². The summed E-state index contributed by atoms with van der Waals surface area (Å²) in [6.07, 6.45) is 0. The summed E-state index contributed by atoms with van der Waals surface area (Å²) >= 11 is 5.08. The monoisotopic (exact) mass is 286 g/mol. The van der Waals surface area contributed by atoms with Crippen molar-refractivity contribution in [3.8, 4) is 5.75 Å². The van der Waals surface area contributed by atoms with Crippen LogP contribution in [-0.4, -0.2) is 12.1 Å². The fourth-order valence-corrected chi connectivity index (χ4v) is 2.21. The Morgan fingerprint density at radius 1 is 1.25 bits per heavy atom. The Kier molecular flexibility index (Phi) is 4.58. The van der Waals surface area contributed by atoms with Crippen molar-refractivity contribution in [2.75, 3.05) is 12.4 Å². The third kappa shape index (κ3) is 3.48. The molecule has 0 atom stereocenters. The fourth-order valence-electron chi connectivity index (χ4n) is 2.03. The predicted molar refractivity (Wildman–Crippen MR) is 87.4 cm³/mol. The number of ether oxygens (including phenoxy) is 1. The number of anilines is 1. The molecule has 20 heavy (non-hydrogen) atoms. The number of hydrogen-bond donors (Lipinski definition) is 2. The van der Waals surface area contributed by atoms with Crippen molar-refractivity contribution in [3.63, 3.8) is 0 Å². The van der Waals surface area contributed by atoms with Gasteiger partial charge in [-0.2, -0.15) is 0 Å². The molecule has 0 aromatic heterocycles. The lowest BCUT2D eigenvalue weighted by atomic mass is 10.1. The Morgan fingerprint density at radius 3 is 2.70 bits per heavy atom. The van der Waals surface area contributed by atoms with Crippen molar-refractivity contribution in [1.82, 2.24) is 0 Å². The fraction of sp³-hybridized carbons (Fsp3) is 0.188. The molecule has 0 bridgehead atoms. The number of methoxy groups -OCH3 is 1. The first-order valence-electron chi connectivity index (χ1n) is 6.37. The zero-order chi connectivity index (χ0) is 14.5. The average molecular weight is 286 g/mol. The van der Waals surface area contributed by atoms with Crippen LogP contribution in [0.1, 0.15) is 16.7 Å². The highest BCUT2D eigenvalue weighted by atomic mass is 32.1. The third-order valence-electron chi connectivity index (χ3n) is 3.06. The number of nitrogens with one attached hydrogen (secondary N) is 1. The molecule has 0 radical (unpaired) electrons. The number of thiocarbonyl (C=S) groups is 1. The Hall–Kier alpha value is -2.07. The molecule has 4 heteroatoms. The molecule has 0 spiro atoms. The van der Waals surface area contributed by atoms with Gasteiger partial charge in [-0.3, -0.25) is 0 Å². The smallest absolute Gasteiger partial charge is 0.120 e. The number of hydrogen-bond acceptors (Lipinski definition) is 3. The van der Waals surface area contributed by atoms with E-state index in [4.69, 9.17) is 22.7 Å². The molecule has 0 saturated carbocycles. The van der Waals surface area contributed by atoms with Crippen molar-refractivity contribution in [2.24, 2.45) is 5.73 Å². The van der Waals surface area contributed by atoms with Gasteiger partial charge in [0.25, 0.3) is 0 Å². The van der Waals surface area contributed by atoms with Gasteiger partial charge in [0.2, 0.25) is 0 Å². The van der Waals surface area contributed by atoms with E-state index >= 15 is 0 Å². The van der Waals surface area contributed by atoms with Crippen molar-refractivity contribution < 1.29 is 4.74 Å². The van der Waals surface area contributed by atoms with Crippen LogP contribution < -0.4 is 15.8 Å². The highest BCUT2D eigenvalue weighted by Crippen LogP contribution is 2.23. The Bertz CT molecular complexity index is 626. The zero-order valence-corrected chi connectivity index (χ0v) is 12.5. The lowest BCUT2D eigenvalue weighted by Gasteiger charge is -2.13. The molecule has 2 aromatic rings. The molecular formula is C16H18N2OS. The van der Waals surface area contributed by atoms with Crippen LogP contribution in [0.4, 0.5) is 5.69 Å². The largest absolute Gasteiger partial charge is 0.497 e. The van der Waals surface area contributed by atoms with Gasteiger partial charge in [0.1, 0.15) is 10.7 Å². The summed E-state index contributed by atoms with van der Waals surface area (Å²) in [4.78, 5) is 0.374. The summed E-state index contributed by atoms with van der Waals surface area (Å²) in [5.74, 6) is 0.775. The van der Waals surface area contributed by atoms with Crippen molar-refractivity contribution >= 4 is 22.9 Å². The quantitative estimate of drug-likeness (QED) is 0.828. The van der Waals surface area contributed by atoms with E-state index in [1.807, 2.05) is 24.3 Å². The van der Waals surface area contributed by atoms with Crippen LogP contribution >= 0.6 is 12.2 Å². The van der Waals surface area contributed by atoms with Gasteiger partial charge < -0.3 is 15.8 Å². The first-order chi connectivity index (χ1) is 9.60. The molecule has 0 aliphatic carbocycles. The minimum Gasteiger partial charge on any atom is -0.497 e. The highest BCUT2D eigenvalue weighted by Gasteiger charge is 2.07. The lowest BCUT2D eigenvalue weighted by Crippen LogP contribution is -2.13. The first kappa shape index (κ1) is 14.3. The molecule has 0 saturated heterocycles. The number of benzene rings is 2. The van der Waals surface area contributed by atoms with Crippen LogP contribution in [0, 0.1) is 6.92 Å². The molecule has 3 N–H and O–H groups in total. The third-order valence-corrected chi connectivity index (χ3v) is 3.28. The van der Waals surface area contributed by atoms with Crippen molar-refractivity contribution in [1.29, 1.82) is 0 Å². The van der Waals surface area contributed by atoms with E-state index in [1.165, 1.54) is 11.1 Å². The summed E-state index contributed by atoms with van der Waals surface area (Å²) in [6.45, 7) is 2.79. The molecule has 2 rings (SSSR count). The van der Waals surface area contributed by atoms with Crippen molar-refractivity contribution in [2.45, 2.75) is 13.5 Å². The molecule has 0 amide bonds. The minimum absolute atomic E-state index is 0.374. The van der Waals surface area contributed by atoms with Crippen LogP contribution in [0.3, 0.4) is 0 Å². The summed E-state index contributed by atoms with van der Waals surface area (Å²) in [5.41, 5.74) is 9.91. The maximum Gasteiger partial charge on any atom is 0.120 e. The van der Waals surface area contributed by atoms with E-state index in [1.54, 1.807) is 7.11 Å². The van der Waals surface area contributed by atoms with Crippen LogP contribution in [0.5, 0.6) is 5.75 Å². The number of aryl methyl sites for hydroxylation is 1. The molecule has 0 aliphatic rings. The summed E-state index contributed by atoms with van der Waals surface area (Å²) in [7, 11) is 1.64. The predicted octanol–water partition coefficient (Wildman–Crippen LogP) is 3.25. The summed E-state index contributed by atoms with van der Waals surface area (Å²) in [5, 5.41) is 3.37. The summed E-state index contributed by atoms with van der Waals surface area (Å²) in [6, 6.07) is 14.0. The second kappa shape index (κ2) is 6.39. The molecular weight excluding hydrogens is 268 g/mol. The Balaban J connectivity index is 2.21. The molecule has 3 nitrogen and oxygen atoms in total. The maximum atomic E-state index is 5.75. The van der Waals surface area contributed by atoms with Crippen LogP contribution in [0.15, 0.2) is 42.5 Å². The van der Waals surface area contributed by atoms with Crippen LogP contribution in [-0.2, 0) is 6.54 Å².